The van der Waals surface area contributed by atoms with E-state index in [0.29, 0.717) is 60.3 Å². The minimum Gasteiger partial charge on any atom is -0.371 e. The van der Waals surface area contributed by atoms with Gasteiger partial charge in [0.15, 0.2) is 0 Å². The van der Waals surface area contributed by atoms with E-state index in [1.54, 1.807) is 13.1 Å². The van der Waals surface area contributed by atoms with Crippen molar-refractivity contribution >= 4 is 45.7 Å². The molecule has 2 fully saturated rings. The van der Waals surface area contributed by atoms with Crippen molar-refractivity contribution in [1.29, 1.82) is 0 Å². The molecule has 11 heteroatoms. The summed E-state index contributed by atoms with van der Waals surface area (Å²) in [6.07, 6.45) is -1.21. The molecule has 0 bridgehead atoms. The van der Waals surface area contributed by atoms with Crippen LogP contribution in [0.5, 0.6) is 0 Å². The maximum atomic E-state index is 13.6. The second kappa shape index (κ2) is 10.3. The van der Waals surface area contributed by atoms with Crippen molar-refractivity contribution in [2.24, 2.45) is 5.41 Å². The van der Waals surface area contributed by atoms with Crippen molar-refractivity contribution in [3.05, 3.63) is 65.1 Å². The third-order valence-electron chi connectivity index (χ3n) is 7.72. The van der Waals surface area contributed by atoms with Gasteiger partial charge >= 0.3 is 6.18 Å². The number of carbonyl (C=O) groups is 2. The molecule has 0 spiro atoms. The van der Waals surface area contributed by atoms with Crippen molar-refractivity contribution in [3.63, 3.8) is 0 Å². The van der Waals surface area contributed by atoms with Gasteiger partial charge in [-0.3, -0.25) is 9.59 Å². The zero-order valence-electron chi connectivity index (χ0n) is 21.1. The number of hydrogen-bond donors (Lipinski definition) is 2. The van der Waals surface area contributed by atoms with Crippen LogP contribution in [0.1, 0.15) is 44.2 Å². The molecule has 3 aromatic rings. The summed E-state index contributed by atoms with van der Waals surface area (Å²) in [5.74, 6) is -1.16. The second-order valence-electron chi connectivity index (χ2n) is 10.3. The fraction of sp³-hybridized carbons (Fsp3) is 0.393. The highest BCUT2D eigenvalue weighted by Gasteiger charge is 2.57. The monoisotopic (exact) mass is 562 g/mol. The Labute approximate surface area is 227 Å². The van der Waals surface area contributed by atoms with Crippen molar-refractivity contribution in [1.82, 2.24) is 10.3 Å². The molecule has 0 aliphatic heterocycles. The molecule has 39 heavy (non-hydrogen) atoms. The molecule has 1 aromatic heterocycles. The average Bonchev–Trinajstić information content (AvgIpc) is 3.71. The number of anilines is 2. The molecular weight excluding hydrogens is 536 g/mol. The van der Waals surface area contributed by atoms with Gasteiger partial charge in [-0.25, -0.2) is 9.37 Å². The number of benzene rings is 2. The molecule has 2 aliphatic rings. The highest BCUT2D eigenvalue weighted by molar-refractivity contribution is 6.31. The van der Waals surface area contributed by atoms with E-state index in [1.165, 1.54) is 36.4 Å². The highest BCUT2D eigenvalue weighted by Crippen LogP contribution is 2.47. The van der Waals surface area contributed by atoms with Gasteiger partial charge in [0.2, 0.25) is 11.8 Å². The van der Waals surface area contributed by atoms with Crippen LogP contribution in [-0.2, 0) is 15.8 Å². The van der Waals surface area contributed by atoms with E-state index in [0.717, 1.165) is 6.07 Å². The summed E-state index contributed by atoms with van der Waals surface area (Å²) in [7, 11) is 1.76. The number of aromatic nitrogens is 1. The van der Waals surface area contributed by atoms with E-state index in [4.69, 9.17) is 11.6 Å². The predicted molar refractivity (Wildman–Crippen MR) is 141 cm³/mol. The van der Waals surface area contributed by atoms with Crippen LogP contribution in [0.4, 0.5) is 28.9 Å². The lowest BCUT2D eigenvalue weighted by Gasteiger charge is -2.37. The van der Waals surface area contributed by atoms with Crippen LogP contribution in [0, 0.1) is 11.2 Å². The molecule has 2 N–H and O–H groups in total. The number of carbonyl (C=O) groups excluding carboxylic acids is 2. The van der Waals surface area contributed by atoms with Crippen LogP contribution >= 0.6 is 11.6 Å². The van der Waals surface area contributed by atoms with E-state index < -0.39 is 29.0 Å². The first kappa shape index (κ1) is 27.2. The fourth-order valence-corrected chi connectivity index (χ4v) is 5.38. The van der Waals surface area contributed by atoms with Gasteiger partial charge in [-0.2, -0.15) is 13.2 Å². The Morgan fingerprint density at radius 1 is 1.00 bits per heavy atom. The van der Waals surface area contributed by atoms with Crippen molar-refractivity contribution in [3.8, 4) is 0 Å². The van der Waals surface area contributed by atoms with E-state index in [-0.39, 0.29) is 23.5 Å². The Kier molecular flexibility index (Phi) is 7.17. The van der Waals surface area contributed by atoms with Crippen LogP contribution < -0.4 is 15.5 Å². The van der Waals surface area contributed by atoms with Crippen molar-refractivity contribution in [2.75, 3.05) is 17.3 Å². The fourth-order valence-electron chi connectivity index (χ4n) is 5.21. The lowest BCUT2D eigenvalue weighted by atomic mass is 9.89. The molecule has 2 saturated carbocycles. The number of alkyl halides is 3. The minimum absolute atomic E-state index is 0.0551. The maximum Gasteiger partial charge on any atom is 0.433 e. The van der Waals surface area contributed by atoms with Crippen LogP contribution in [0.3, 0.4) is 0 Å². The lowest BCUT2D eigenvalue weighted by Crippen LogP contribution is -2.47. The van der Waals surface area contributed by atoms with Gasteiger partial charge < -0.3 is 15.5 Å². The molecule has 2 aliphatic carbocycles. The molecular formula is C28H27ClF4N4O2. The van der Waals surface area contributed by atoms with E-state index in [1.807, 2.05) is 4.90 Å². The summed E-state index contributed by atoms with van der Waals surface area (Å²) in [5.41, 5.74) is -1.07. The predicted octanol–water partition coefficient (Wildman–Crippen LogP) is 6.33. The van der Waals surface area contributed by atoms with Gasteiger partial charge in [0.25, 0.3) is 0 Å². The maximum absolute atomic E-state index is 13.6. The van der Waals surface area contributed by atoms with Gasteiger partial charge in [-0.15, -0.1) is 0 Å². The minimum atomic E-state index is -4.59. The first-order valence-corrected chi connectivity index (χ1v) is 13.1. The first-order valence-electron chi connectivity index (χ1n) is 12.7. The quantitative estimate of drug-likeness (QED) is 0.272. The summed E-state index contributed by atoms with van der Waals surface area (Å²) in [4.78, 5) is 31.5. The number of nitrogens with zero attached hydrogens (tertiary/aromatic N) is 2. The molecule has 0 saturated heterocycles. The number of pyridine rings is 1. The number of nitrogens with one attached hydrogen (secondary N) is 2. The third-order valence-corrected chi connectivity index (χ3v) is 7.96. The Hall–Kier alpha value is -3.40. The number of rotatable bonds is 6. The van der Waals surface area contributed by atoms with E-state index in [9.17, 15) is 27.2 Å². The Bertz CT molecular complexity index is 1400. The molecule has 206 valence electrons. The lowest BCUT2D eigenvalue weighted by molar-refractivity contribution is -0.141. The van der Waals surface area contributed by atoms with Crippen molar-refractivity contribution < 1.29 is 27.2 Å². The van der Waals surface area contributed by atoms with Crippen LogP contribution in [-0.4, -0.2) is 35.9 Å². The molecule has 0 unspecified atom stereocenters. The van der Waals surface area contributed by atoms with Gasteiger partial charge in [-0.1, -0.05) is 11.6 Å². The highest BCUT2D eigenvalue weighted by atomic mass is 35.5. The molecule has 6 nitrogen and oxygen atoms in total. The van der Waals surface area contributed by atoms with Crippen LogP contribution in [0.25, 0.3) is 10.9 Å². The Morgan fingerprint density at radius 3 is 2.28 bits per heavy atom. The molecule has 0 atom stereocenters. The summed E-state index contributed by atoms with van der Waals surface area (Å²) in [6, 6.07) is 10.8. The Balaban J connectivity index is 1.23. The first-order chi connectivity index (χ1) is 18.5. The molecule has 2 amide bonds. The molecule has 5 rings (SSSR count). The van der Waals surface area contributed by atoms with E-state index in [2.05, 4.69) is 15.6 Å². The molecule has 0 radical (unpaired) electrons. The normalized spacial score (nSPS) is 20.4. The third kappa shape index (κ3) is 5.66. The SMILES string of the molecule is CN(c1cc(C(F)(F)F)nc2ccc(Cl)cc12)[C@H]1CC[C@@H](NC(=O)C2(C(=O)Nc3ccc(F)cc3)CC2)CC1. The smallest absolute Gasteiger partial charge is 0.371 e. The summed E-state index contributed by atoms with van der Waals surface area (Å²) < 4.78 is 53.8. The Morgan fingerprint density at radius 2 is 1.67 bits per heavy atom. The largest absolute Gasteiger partial charge is 0.433 e. The standard InChI is InChI=1S/C28H27ClF4N4O2/c1-37(23-15-24(28(31,32)33)36-22-11-2-16(29)14-21(22)23)20-9-7-19(8-10-20)35-26(39)27(12-13-27)25(38)34-18-5-3-17(30)4-6-18/h2-6,11,14-15,19-20H,7-10,12-13H2,1H3,(H,34,38)(H,35,39)/t19-,20+. The van der Waals surface area contributed by atoms with Gasteiger partial charge in [0.05, 0.1) is 5.52 Å². The molecule has 1 heterocycles. The zero-order chi connectivity index (χ0) is 27.9. The number of amides is 2. The molecule has 2 aromatic carbocycles. The second-order valence-corrected chi connectivity index (χ2v) is 10.8. The number of halogens is 5. The van der Waals surface area contributed by atoms with Crippen molar-refractivity contribution in [2.45, 2.75) is 56.8 Å². The summed E-state index contributed by atoms with van der Waals surface area (Å²) >= 11 is 6.14. The van der Waals surface area contributed by atoms with E-state index >= 15 is 0 Å². The van der Waals surface area contributed by atoms with Crippen LogP contribution in [0.2, 0.25) is 5.02 Å². The average molecular weight is 563 g/mol. The number of hydrogen-bond acceptors (Lipinski definition) is 4. The summed E-state index contributed by atoms with van der Waals surface area (Å²) in [6.45, 7) is 0. The van der Waals surface area contributed by atoms with Gasteiger partial charge in [0.1, 0.15) is 16.9 Å². The zero-order valence-corrected chi connectivity index (χ0v) is 21.9. The number of fused-ring (bicyclic) bond motifs is 1. The van der Waals surface area contributed by atoms with Gasteiger partial charge in [-0.05, 0) is 87.1 Å². The topological polar surface area (TPSA) is 74.3 Å². The summed E-state index contributed by atoms with van der Waals surface area (Å²) in [5, 5.41) is 6.65. The van der Waals surface area contributed by atoms with Crippen LogP contribution in [0.15, 0.2) is 48.5 Å². The van der Waals surface area contributed by atoms with Gasteiger partial charge in [0, 0.05) is 40.9 Å².